The summed E-state index contributed by atoms with van der Waals surface area (Å²) in [7, 11) is -1.23. The number of likely N-dealkylation sites (tertiary alicyclic amines) is 1. The summed E-state index contributed by atoms with van der Waals surface area (Å²) in [6, 6.07) is 0.339. The van der Waals surface area contributed by atoms with Crippen LogP contribution in [0, 0.1) is 5.92 Å². The molecule has 0 bridgehead atoms. The number of carbonyl (C=O) groups excluding carboxylic acids is 1. The highest BCUT2D eigenvalue weighted by Crippen LogP contribution is 2.19. The van der Waals surface area contributed by atoms with E-state index in [0.717, 1.165) is 32.4 Å². The van der Waals surface area contributed by atoms with Gasteiger partial charge in [-0.05, 0) is 31.7 Å². The number of likely N-dealkylation sites (N-methyl/N-ethyl adjacent to an activating group) is 1. The molecule has 6 nitrogen and oxygen atoms in total. The lowest BCUT2D eigenvalue weighted by atomic mass is 9.98. The van der Waals surface area contributed by atoms with Crippen LogP contribution in [0.1, 0.15) is 25.7 Å². The summed E-state index contributed by atoms with van der Waals surface area (Å²) < 4.78 is 24.7. The molecule has 1 N–H and O–H groups in total. The Bertz CT molecular complexity index is 452. The molecule has 2 aliphatic heterocycles. The van der Waals surface area contributed by atoms with Gasteiger partial charge < -0.3 is 10.2 Å². The molecule has 2 aliphatic rings. The number of hydrogen-bond donors (Lipinski definition) is 1. The average molecular weight is 303 g/mol. The third-order valence-electron chi connectivity index (χ3n) is 4.27. The van der Waals surface area contributed by atoms with E-state index in [1.54, 1.807) is 9.21 Å². The molecule has 0 radical (unpaired) electrons. The minimum Gasteiger partial charge on any atom is -0.344 e. The van der Waals surface area contributed by atoms with Crippen molar-refractivity contribution in [3.63, 3.8) is 0 Å². The summed E-state index contributed by atoms with van der Waals surface area (Å²) >= 11 is 0. The molecule has 0 aromatic rings. The predicted octanol–water partition coefficient (Wildman–Crippen LogP) is -0.132. The highest BCUT2D eigenvalue weighted by Gasteiger charge is 2.27. The van der Waals surface area contributed by atoms with E-state index in [1.165, 1.54) is 6.26 Å². The largest absolute Gasteiger partial charge is 0.344 e. The smallest absolute Gasteiger partial charge is 0.222 e. The summed E-state index contributed by atoms with van der Waals surface area (Å²) in [5.41, 5.74) is 0. The molecule has 2 rings (SSSR count). The molecule has 2 heterocycles. The van der Waals surface area contributed by atoms with E-state index in [9.17, 15) is 13.2 Å². The molecule has 0 aliphatic carbocycles. The molecule has 0 spiro atoms. The van der Waals surface area contributed by atoms with E-state index in [-0.39, 0.29) is 5.91 Å². The number of rotatable bonds is 4. The maximum atomic E-state index is 11.6. The van der Waals surface area contributed by atoms with Crippen LogP contribution in [-0.4, -0.2) is 69.1 Å². The second-order valence-corrected chi connectivity index (χ2v) is 8.03. The summed E-state index contributed by atoms with van der Waals surface area (Å²) in [6.45, 7) is 2.85. The van der Waals surface area contributed by atoms with E-state index in [0.29, 0.717) is 31.5 Å². The van der Waals surface area contributed by atoms with E-state index >= 15 is 0 Å². The quantitative estimate of drug-likeness (QED) is 0.785. The van der Waals surface area contributed by atoms with E-state index in [4.69, 9.17) is 0 Å². The maximum Gasteiger partial charge on any atom is 0.222 e. The Morgan fingerprint density at radius 2 is 2.05 bits per heavy atom. The van der Waals surface area contributed by atoms with Crippen molar-refractivity contribution in [1.29, 1.82) is 0 Å². The van der Waals surface area contributed by atoms with Gasteiger partial charge in [-0.1, -0.05) is 0 Å². The number of piperidine rings is 2. The Morgan fingerprint density at radius 3 is 2.70 bits per heavy atom. The number of hydrogen-bond acceptors (Lipinski definition) is 4. The lowest BCUT2D eigenvalue weighted by Gasteiger charge is -2.34. The van der Waals surface area contributed by atoms with Crippen molar-refractivity contribution in [2.75, 3.05) is 39.5 Å². The van der Waals surface area contributed by atoms with Gasteiger partial charge >= 0.3 is 0 Å². The molecule has 7 heteroatoms. The lowest BCUT2D eigenvalue weighted by molar-refractivity contribution is -0.132. The van der Waals surface area contributed by atoms with Crippen molar-refractivity contribution in [2.24, 2.45) is 5.92 Å². The monoisotopic (exact) mass is 303 g/mol. The molecule has 20 heavy (non-hydrogen) atoms. The second-order valence-electron chi connectivity index (χ2n) is 6.05. The summed E-state index contributed by atoms with van der Waals surface area (Å²) in [5.74, 6) is 0.588. The van der Waals surface area contributed by atoms with Crippen LogP contribution in [0.2, 0.25) is 0 Å². The molecule has 2 fully saturated rings. The molecule has 1 amide bonds. The van der Waals surface area contributed by atoms with Gasteiger partial charge in [-0.2, -0.15) is 0 Å². The highest BCUT2D eigenvalue weighted by molar-refractivity contribution is 7.88. The Kier molecular flexibility index (Phi) is 5.04. The van der Waals surface area contributed by atoms with E-state index < -0.39 is 10.0 Å². The molecule has 0 aromatic heterocycles. The topological polar surface area (TPSA) is 69.7 Å². The van der Waals surface area contributed by atoms with Crippen molar-refractivity contribution in [3.8, 4) is 0 Å². The molecular formula is C13H25N3O3S. The van der Waals surface area contributed by atoms with Gasteiger partial charge in [0, 0.05) is 39.1 Å². The van der Waals surface area contributed by atoms with Crippen molar-refractivity contribution >= 4 is 15.9 Å². The van der Waals surface area contributed by atoms with Crippen LogP contribution in [0.25, 0.3) is 0 Å². The minimum atomic E-state index is -3.07. The lowest BCUT2D eigenvalue weighted by Crippen LogP contribution is -2.49. The zero-order valence-electron chi connectivity index (χ0n) is 12.3. The van der Waals surface area contributed by atoms with Gasteiger partial charge in [-0.15, -0.1) is 0 Å². The third-order valence-corrected chi connectivity index (χ3v) is 5.54. The number of carbonyl (C=O) groups is 1. The fourth-order valence-corrected chi connectivity index (χ4v) is 3.95. The van der Waals surface area contributed by atoms with Crippen LogP contribution in [-0.2, 0) is 14.8 Å². The van der Waals surface area contributed by atoms with Gasteiger partial charge in [0.1, 0.15) is 0 Å². The highest BCUT2D eigenvalue weighted by atomic mass is 32.2. The van der Waals surface area contributed by atoms with Gasteiger partial charge in [0.15, 0.2) is 0 Å². The Balaban J connectivity index is 1.78. The van der Waals surface area contributed by atoms with Crippen LogP contribution >= 0.6 is 0 Å². The first kappa shape index (κ1) is 15.7. The standard InChI is InChI=1S/C13H25N3O3S/c1-15-10-12(5-6-13(15)17)14-8-11-4-3-7-16(9-11)20(2,18)19/h11-12,14H,3-10H2,1-2H3. The van der Waals surface area contributed by atoms with Crippen molar-refractivity contribution in [2.45, 2.75) is 31.7 Å². The number of amides is 1. The maximum absolute atomic E-state index is 11.6. The van der Waals surface area contributed by atoms with Crippen molar-refractivity contribution in [1.82, 2.24) is 14.5 Å². The van der Waals surface area contributed by atoms with Crippen molar-refractivity contribution < 1.29 is 13.2 Å². The summed E-state index contributed by atoms with van der Waals surface area (Å²) in [4.78, 5) is 13.2. The number of nitrogens with zero attached hydrogens (tertiary/aromatic N) is 2. The Morgan fingerprint density at radius 1 is 1.30 bits per heavy atom. The molecule has 116 valence electrons. The normalized spacial score (nSPS) is 29.7. The van der Waals surface area contributed by atoms with Crippen LogP contribution in [0.15, 0.2) is 0 Å². The van der Waals surface area contributed by atoms with Gasteiger partial charge in [-0.25, -0.2) is 12.7 Å². The number of nitrogens with one attached hydrogen (secondary N) is 1. The van der Waals surface area contributed by atoms with E-state index in [1.807, 2.05) is 7.05 Å². The summed E-state index contributed by atoms with van der Waals surface area (Å²) in [5, 5.41) is 3.50. The fraction of sp³-hybridized carbons (Fsp3) is 0.923. The first-order valence-electron chi connectivity index (χ1n) is 7.28. The Hall–Kier alpha value is -0.660. The Labute approximate surface area is 121 Å². The van der Waals surface area contributed by atoms with Crippen LogP contribution in [0.3, 0.4) is 0 Å². The predicted molar refractivity (Wildman–Crippen MR) is 77.8 cm³/mol. The molecular weight excluding hydrogens is 278 g/mol. The third kappa shape index (κ3) is 4.17. The van der Waals surface area contributed by atoms with Crippen LogP contribution in [0.4, 0.5) is 0 Å². The van der Waals surface area contributed by atoms with Crippen LogP contribution < -0.4 is 5.32 Å². The van der Waals surface area contributed by atoms with Gasteiger partial charge in [0.05, 0.1) is 6.26 Å². The molecule has 2 unspecified atom stereocenters. The number of sulfonamides is 1. The average Bonchev–Trinajstić information content (AvgIpc) is 2.39. The first-order chi connectivity index (χ1) is 9.36. The molecule has 0 saturated carbocycles. The molecule has 2 saturated heterocycles. The molecule has 0 aromatic carbocycles. The molecule has 2 atom stereocenters. The zero-order valence-corrected chi connectivity index (χ0v) is 13.2. The minimum absolute atomic E-state index is 0.212. The second kappa shape index (κ2) is 6.41. The first-order valence-corrected chi connectivity index (χ1v) is 9.13. The fourth-order valence-electron chi connectivity index (χ4n) is 3.01. The SMILES string of the molecule is CN1CC(NCC2CCCN(S(C)(=O)=O)C2)CCC1=O. The van der Waals surface area contributed by atoms with Gasteiger partial charge in [0.25, 0.3) is 0 Å². The van der Waals surface area contributed by atoms with Crippen LogP contribution in [0.5, 0.6) is 0 Å². The van der Waals surface area contributed by atoms with E-state index in [2.05, 4.69) is 5.32 Å². The van der Waals surface area contributed by atoms with Gasteiger partial charge in [0.2, 0.25) is 15.9 Å². The van der Waals surface area contributed by atoms with Gasteiger partial charge in [-0.3, -0.25) is 4.79 Å². The zero-order chi connectivity index (χ0) is 14.8. The summed E-state index contributed by atoms with van der Waals surface area (Å²) in [6.07, 6.45) is 4.77. The van der Waals surface area contributed by atoms with Crippen molar-refractivity contribution in [3.05, 3.63) is 0 Å².